The van der Waals surface area contributed by atoms with Gasteiger partial charge in [-0.05, 0) is 35.3 Å². The summed E-state index contributed by atoms with van der Waals surface area (Å²) in [6.07, 6.45) is 3.42. The van der Waals surface area contributed by atoms with Gasteiger partial charge in [-0.1, -0.05) is 12.1 Å². The molecule has 0 atom stereocenters. The fourth-order valence-electron chi connectivity index (χ4n) is 1.91. The molecule has 0 aliphatic heterocycles. The molecular weight excluding hydrogens is 324 g/mol. The van der Waals surface area contributed by atoms with Crippen LogP contribution in [-0.4, -0.2) is 27.2 Å². The van der Waals surface area contributed by atoms with Gasteiger partial charge in [-0.15, -0.1) is 0 Å². The summed E-state index contributed by atoms with van der Waals surface area (Å²) in [4.78, 5) is 16.2. The van der Waals surface area contributed by atoms with Gasteiger partial charge in [-0.2, -0.15) is 4.98 Å². The highest BCUT2D eigenvalue weighted by Gasteiger charge is 2.12. The highest BCUT2D eigenvalue weighted by atomic mass is 79.9. The molecule has 0 spiro atoms. The van der Waals surface area contributed by atoms with Crippen LogP contribution in [0, 0.1) is 6.92 Å². The van der Waals surface area contributed by atoms with Crippen LogP contribution >= 0.6 is 15.9 Å². The zero-order valence-electron chi connectivity index (χ0n) is 11.5. The summed E-state index contributed by atoms with van der Waals surface area (Å²) in [5.41, 5.74) is 0.653. The number of aryl methyl sites for hydroxylation is 2. The Morgan fingerprint density at radius 3 is 3.00 bits per heavy atom. The molecule has 2 aromatic rings. The lowest BCUT2D eigenvalue weighted by molar-refractivity contribution is 0.0944. The normalized spacial score (nSPS) is 10.8. The van der Waals surface area contributed by atoms with Crippen molar-refractivity contribution < 1.29 is 9.32 Å². The van der Waals surface area contributed by atoms with Crippen molar-refractivity contribution in [1.82, 2.24) is 20.0 Å². The van der Waals surface area contributed by atoms with E-state index in [4.69, 9.17) is 4.52 Å². The molecule has 0 radical (unpaired) electrons. The van der Waals surface area contributed by atoms with Gasteiger partial charge in [0, 0.05) is 30.2 Å². The Morgan fingerprint density at radius 1 is 1.55 bits per heavy atom. The van der Waals surface area contributed by atoms with Crippen molar-refractivity contribution in [2.24, 2.45) is 0 Å². The first kappa shape index (κ1) is 14.8. The first-order chi connectivity index (χ1) is 9.60. The molecular formula is C13H17BrN4O2. The highest BCUT2D eigenvalue weighted by Crippen LogP contribution is 2.15. The van der Waals surface area contributed by atoms with E-state index in [1.54, 1.807) is 6.92 Å². The van der Waals surface area contributed by atoms with Crippen LogP contribution in [0.4, 0.5) is 0 Å². The number of carbonyl (C=O) groups excluding carboxylic acids is 1. The third-order valence-electron chi connectivity index (χ3n) is 2.75. The molecule has 2 rings (SSSR count). The molecule has 2 heterocycles. The van der Waals surface area contributed by atoms with E-state index in [9.17, 15) is 4.79 Å². The van der Waals surface area contributed by atoms with Crippen LogP contribution < -0.4 is 5.32 Å². The number of aromatic nitrogens is 3. The number of nitrogens with zero attached hydrogens (tertiary/aromatic N) is 3. The Hall–Kier alpha value is -1.63. The van der Waals surface area contributed by atoms with Crippen molar-refractivity contribution >= 4 is 21.8 Å². The first-order valence-electron chi connectivity index (χ1n) is 6.53. The molecule has 0 unspecified atom stereocenters. The number of rotatable bonds is 6. The topological polar surface area (TPSA) is 73.0 Å². The summed E-state index contributed by atoms with van der Waals surface area (Å²) in [5, 5.41) is 6.57. The summed E-state index contributed by atoms with van der Waals surface area (Å²) in [5.74, 6) is 1.04. The molecule has 1 N–H and O–H groups in total. The average molecular weight is 341 g/mol. The zero-order valence-corrected chi connectivity index (χ0v) is 13.1. The molecule has 0 aromatic carbocycles. The van der Waals surface area contributed by atoms with E-state index in [2.05, 4.69) is 38.3 Å². The highest BCUT2D eigenvalue weighted by molar-refractivity contribution is 9.10. The summed E-state index contributed by atoms with van der Waals surface area (Å²) >= 11 is 3.39. The van der Waals surface area contributed by atoms with Gasteiger partial charge in [0.1, 0.15) is 5.69 Å². The quantitative estimate of drug-likeness (QED) is 0.875. The molecule has 2 aromatic heterocycles. The fraction of sp³-hybridized carbons (Fsp3) is 0.462. The number of hydrogen-bond donors (Lipinski definition) is 1. The summed E-state index contributed by atoms with van der Waals surface area (Å²) in [7, 11) is 0. The number of hydrogen-bond acceptors (Lipinski definition) is 4. The van der Waals surface area contributed by atoms with Gasteiger partial charge >= 0.3 is 0 Å². The van der Waals surface area contributed by atoms with E-state index in [1.807, 2.05) is 16.8 Å². The predicted molar refractivity (Wildman–Crippen MR) is 77.5 cm³/mol. The van der Waals surface area contributed by atoms with Crippen molar-refractivity contribution in [2.75, 3.05) is 6.54 Å². The van der Waals surface area contributed by atoms with Gasteiger partial charge in [0.05, 0.1) is 0 Å². The number of amides is 1. The second-order valence-electron chi connectivity index (χ2n) is 4.48. The van der Waals surface area contributed by atoms with Gasteiger partial charge in [-0.25, -0.2) is 0 Å². The minimum Gasteiger partial charge on any atom is -0.350 e. The maximum absolute atomic E-state index is 12.1. The van der Waals surface area contributed by atoms with Gasteiger partial charge in [0.25, 0.3) is 5.91 Å². The number of carbonyl (C=O) groups is 1. The summed E-state index contributed by atoms with van der Waals surface area (Å²) in [6.45, 7) is 5.13. The Bertz CT molecular complexity index is 591. The van der Waals surface area contributed by atoms with Gasteiger partial charge in [0.15, 0.2) is 5.82 Å². The number of nitrogens with one attached hydrogen (secondary N) is 1. The van der Waals surface area contributed by atoms with Gasteiger partial charge in [-0.3, -0.25) is 4.79 Å². The third-order valence-corrected chi connectivity index (χ3v) is 3.19. The van der Waals surface area contributed by atoms with Crippen LogP contribution in [0.2, 0.25) is 0 Å². The molecule has 108 valence electrons. The molecule has 0 aliphatic carbocycles. The average Bonchev–Trinajstić information content (AvgIpc) is 2.96. The molecule has 0 bridgehead atoms. The molecule has 6 nitrogen and oxygen atoms in total. The Kier molecular flexibility index (Phi) is 4.94. The number of halogens is 1. The van der Waals surface area contributed by atoms with Crippen LogP contribution in [0.25, 0.3) is 0 Å². The van der Waals surface area contributed by atoms with E-state index >= 15 is 0 Å². The second kappa shape index (κ2) is 6.69. The zero-order chi connectivity index (χ0) is 14.5. The van der Waals surface area contributed by atoms with E-state index in [1.165, 1.54) is 0 Å². The molecule has 7 heteroatoms. The van der Waals surface area contributed by atoms with Gasteiger partial charge in [0.2, 0.25) is 5.89 Å². The fourth-order valence-corrected chi connectivity index (χ4v) is 2.37. The van der Waals surface area contributed by atoms with Crippen molar-refractivity contribution in [1.29, 1.82) is 0 Å². The van der Waals surface area contributed by atoms with E-state index in [-0.39, 0.29) is 5.91 Å². The lowest BCUT2D eigenvalue weighted by Gasteiger charge is -2.07. The first-order valence-corrected chi connectivity index (χ1v) is 7.32. The largest absolute Gasteiger partial charge is 0.350 e. The van der Waals surface area contributed by atoms with Crippen molar-refractivity contribution in [3.8, 4) is 0 Å². The lowest BCUT2D eigenvalue weighted by atomic mass is 10.3. The molecule has 0 fully saturated rings. The minimum atomic E-state index is -0.0969. The predicted octanol–water partition coefficient (Wildman–Crippen LogP) is 2.32. The molecule has 0 saturated carbocycles. The summed E-state index contributed by atoms with van der Waals surface area (Å²) in [6, 6.07) is 1.82. The Balaban J connectivity index is 1.91. The monoisotopic (exact) mass is 340 g/mol. The molecule has 0 saturated heterocycles. The standard InChI is InChI=1S/C13H17BrN4O2/c1-3-6-18-8-10(14)7-11(18)13(19)15-5-4-12-16-9(2)17-20-12/h7-8H,3-6H2,1-2H3,(H,15,19). The molecule has 20 heavy (non-hydrogen) atoms. The molecule has 1 amide bonds. The van der Waals surface area contributed by atoms with Crippen LogP contribution in [0.1, 0.15) is 35.5 Å². The lowest BCUT2D eigenvalue weighted by Crippen LogP contribution is -2.27. The maximum Gasteiger partial charge on any atom is 0.267 e. The van der Waals surface area contributed by atoms with Gasteiger partial charge < -0.3 is 14.4 Å². The third kappa shape index (κ3) is 3.69. The van der Waals surface area contributed by atoms with E-state index < -0.39 is 0 Å². The smallest absolute Gasteiger partial charge is 0.267 e. The van der Waals surface area contributed by atoms with Crippen molar-refractivity contribution in [2.45, 2.75) is 33.2 Å². The molecule has 0 aliphatic rings. The van der Waals surface area contributed by atoms with E-state index in [0.717, 1.165) is 17.4 Å². The minimum absolute atomic E-state index is 0.0969. The Morgan fingerprint density at radius 2 is 2.35 bits per heavy atom. The van der Waals surface area contributed by atoms with Crippen LogP contribution in [0.3, 0.4) is 0 Å². The SMILES string of the molecule is CCCn1cc(Br)cc1C(=O)NCCc1nc(C)no1. The van der Waals surface area contributed by atoms with Crippen LogP contribution in [0.5, 0.6) is 0 Å². The second-order valence-corrected chi connectivity index (χ2v) is 5.39. The summed E-state index contributed by atoms with van der Waals surface area (Å²) < 4.78 is 7.84. The van der Waals surface area contributed by atoms with Crippen molar-refractivity contribution in [3.63, 3.8) is 0 Å². The Labute approximate surface area is 125 Å². The maximum atomic E-state index is 12.1. The van der Waals surface area contributed by atoms with E-state index in [0.29, 0.717) is 30.4 Å². The van der Waals surface area contributed by atoms with Crippen LogP contribution in [0.15, 0.2) is 21.3 Å². The van der Waals surface area contributed by atoms with Crippen molar-refractivity contribution in [3.05, 3.63) is 34.1 Å². The van der Waals surface area contributed by atoms with Crippen LogP contribution in [-0.2, 0) is 13.0 Å².